The molecule has 31 heavy (non-hydrogen) atoms. The van der Waals surface area contributed by atoms with Gasteiger partial charge in [-0.3, -0.25) is 4.99 Å². The van der Waals surface area contributed by atoms with Crippen molar-refractivity contribution >= 4 is 5.71 Å². The molecule has 0 unspecified atom stereocenters. The highest BCUT2D eigenvalue weighted by Crippen LogP contribution is 2.28. The minimum absolute atomic E-state index is 0.170. The van der Waals surface area contributed by atoms with Crippen LogP contribution in [0, 0.1) is 5.41 Å². The zero-order valence-corrected chi connectivity index (χ0v) is 24.1. The normalized spacial score (nSPS) is 11.6. The molecule has 0 saturated carbocycles. The van der Waals surface area contributed by atoms with Gasteiger partial charge >= 0.3 is 0 Å². The molecule has 2 heteroatoms. The fraction of sp³-hybridized carbons (Fsp3) is 0.759. The number of aliphatic imine (C=N–C) groups is 1. The molecule has 0 aromatic rings. The van der Waals surface area contributed by atoms with E-state index >= 15 is 0 Å². The Bertz CT molecular complexity index is 497. The SMILES string of the molecule is C=C(C)CCCC.C=C(OC(C)C)/C(C)=C(/C)C(C)=NC.CC.CCC(C)(CC)CC. The summed E-state index contributed by atoms with van der Waals surface area (Å²) in [5.74, 6) is 0.737. The van der Waals surface area contributed by atoms with Gasteiger partial charge < -0.3 is 4.74 Å². The molecular weight excluding hydrogens is 378 g/mol. The molecule has 0 rings (SSSR count). The van der Waals surface area contributed by atoms with Gasteiger partial charge in [0, 0.05) is 12.8 Å². The summed E-state index contributed by atoms with van der Waals surface area (Å²) in [6, 6.07) is 0. The molecule has 0 bridgehead atoms. The van der Waals surface area contributed by atoms with Gasteiger partial charge in [-0.25, -0.2) is 0 Å². The number of hydrogen-bond donors (Lipinski definition) is 0. The first-order valence-electron chi connectivity index (χ1n) is 12.5. The van der Waals surface area contributed by atoms with Gasteiger partial charge in [-0.2, -0.15) is 0 Å². The summed E-state index contributed by atoms with van der Waals surface area (Å²) in [6.45, 7) is 35.2. The predicted molar refractivity (Wildman–Crippen MR) is 147 cm³/mol. The van der Waals surface area contributed by atoms with E-state index in [2.05, 4.69) is 59.7 Å². The highest BCUT2D eigenvalue weighted by molar-refractivity contribution is 5.98. The van der Waals surface area contributed by atoms with E-state index in [9.17, 15) is 0 Å². The molecule has 0 fully saturated rings. The molecule has 0 radical (unpaired) electrons. The van der Waals surface area contributed by atoms with Crippen LogP contribution in [-0.4, -0.2) is 18.9 Å². The van der Waals surface area contributed by atoms with E-state index in [4.69, 9.17) is 4.74 Å². The molecule has 0 atom stereocenters. The van der Waals surface area contributed by atoms with Gasteiger partial charge in [-0.1, -0.05) is 86.3 Å². The van der Waals surface area contributed by atoms with E-state index in [1.54, 1.807) is 7.05 Å². The van der Waals surface area contributed by atoms with Crippen LogP contribution < -0.4 is 0 Å². The van der Waals surface area contributed by atoms with Crippen molar-refractivity contribution in [1.82, 2.24) is 0 Å². The summed E-state index contributed by atoms with van der Waals surface area (Å²) in [7, 11) is 1.79. The highest BCUT2D eigenvalue weighted by Gasteiger charge is 2.15. The van der Waals surface area contributed by atoms with Crippen LogP contribution in [-0.2, 0) is 4.74 Å². The van der Waals surface area contributed by atoms with E-state index in [0.29, 0.717) is 5.41 Å². The quantitative estimate of drug-likeness (QED) is 0.144. The number of rotatable bonds is 10. The molecule has 0 aliphatic rings. The lowest BCUT2D eigenvalue weighted by Gasteiger charge is -2.23. The second kappa shape index (κ2) is 23.4. The van der Waals surface area contributed by atoms with Crippen LogP contribution >= 0.6 is 0 Å². The summed E-state index contributed by atoms with van der Waals surface area (Å²) in [4.78, 5) is 4.13. The summed E-state index contributed by atoms with van der Waals surface area (Å²) < 4.78 is 5.52. The van der Waals surface area contributed by atoms with Crippen LogP contribution in [0.25, 0.3) is 0 Å². The zero-order chi connectivity index (χ0) is 25.6. The largest absolute Gasteiger partial charge is 0.491 e. The number of ether oxygens (including phenoxy) is 1. The molecular formula is C29H59NO. The molecule has 0 saturated heterocycles. The van der Waals surface area contributed by atoms with E-state index in [1.807, 2.05) is 48.5 Å². The molecule has 186 valence electrons. The van der Waals surface area contributed by atoms with Crippen LogP contribution in [0.3, 0.4) is 0 Å². The topological polar surface area (TPSA) is 21.6 Å². The Morgan fingerprint density at radius 2 is 1.29 bits per heavy atom. The van der Waals surface area contributed by atoms with Crippen molar-refractivity contribution in [1.29, 1.82) is 0 Å². The summed E-state index contributed by atoms with van der Waals surface area (Å²) in [5.41, 5.74) is 5.16. The van der Waals surface area contributed by atoms with Gasteiger partial charge in [-0.05, 0) is 70.9 Å². The lowest BCUT2D eigenvalue weighted by Crippen LogP contribution is -2.10. The molecule has 0 aromatic heterocycles. The van der Waals surface area contributed by atoms with Crippen molar-refractivity contribution in [3.8, 4) is 0 Å². The average molecular weight is 438 g/mol. The average Bonchev–Trinajstić information content (AvgIpc) is 2.77. The second-order valence-corrected chi connectivity index (χ2v) is 8.58. The smallest absolute Gasteiger partial charge is 0.115 e. The third-order valence-electron chi connectivity index (χ3n) is 5.75. The maximum Gasteiger partial charge on any atom is 0.115 e. The first-order valence-corrected chi connectivity index (χ1v) is 12.5. The zero-order valence-electron chi connectivity index (χ0n) is 24.1. The fourth-order valence-electron chi connectivity index (χ4n) is 2.25. The first kappa shape index (κ1) is 37.0. The minimum atomic E-state index is 0.170. The van der Waals surface area contributed by atoms with Crippen molar-refractivity contribution in [3.63, 3.8) is 0 Å². The Morgan fingerprint density at radius 3 is 1.48 bits per heavy atom. The summed E-state index contributed by atoms with van der Waals surface area (Å²) in [6.07, 6.45) is 7.92. The van der Waals surface area contributed by atoms with Crippen molar-refractivity contribution in [2.24, 2.45) is 10.4 Å². The molecule has 0 aliphatic heterocycles. The Morgan fingerprint density at radius 1 is 0.871 bits per heavy atom. The first-order chi connectivity index (χ1) is 14.3. The van der Waals surface area contributed by atoms with Crippen molar-refractivity contribution < 1.29 is 4.74 Å². The Kier molecular flexibility index (Phi) is 27.9. The molecule has 2 nitrogen and oxygen atoms in total. The molecule has 0 spiro atoms. The van der Waals surface area contributed by atoms with Crippen molar-refractivity contribution in [2.45, 2.75) is 135 Å². The van der Waals surface area contributed by atoms with Gasteiger partial charge in [0.25, 0.3) is 0 Å². The summed E-state index contributed by atoms with van der Waals surface area (Å²) >= 11 is 0. The predicted octanol–water partition coefficient (Wildman–Crippen LogP) is 10.4. The summed E-state index contributed by atoms with van der Waals surface area (Å²) in [5, 5.41) is 0. The Labute approximate surface area is 198 Å². The molecule has 0 aliphatic carbocycles. The van der Waals surface area contributed by atoms with Gasteiger partial charge in [0.2, 0.25) is 0 Å². The molecule has 0 heterocycles. The molecule has 0 amide bonds. The van der Waals surface area contributed by atoms with E-state index in [-0.39, 0.29) is 6.10 Å². The number of allylic oxidation sites excluding steroid dienone is 3. The molecule has 0 aromatic carbocycles. The minimum Gasteiger partial charge on any atom is -0.491 e. The maximum absolute atomic E-state index is 5.52. The number of nitrogens with zero attached hydrogens (tertiary/aromatic N) is 1. The third kappa shape index (κ3) is 23.2. The number of unbranched alkanes of at least 4 members (excludes halogenated alkanes) is 1. The maximum atomic E-state index is 5.52. The lowest BCUT2D eigenvalue weighted by molar-refractivity contribution is 0.155. The third-order valence-corrected chi connectivity index (χ3v) is 5.75. The molecule has 0 N–H and O–H groups in total. The van der Waals surface area contributed by atoms with Crippen LogP contribution in [0.4, 0.5) is 0 Å². The lowest BCUT2D eigenvalue weighted by atomic mass is 9.82. The van der Waals surface area contributed by atoms with Crippen molar-refractivity contribution in [2.75, 3.05) is 7.05 Å². The monoisotopic (exact) mass is 437 g/mol. The van der Waals surface area contributed by atoms with Crippen LogP contribution in [0.2, 0.25) is 0 Å². The Balaban J connectivity index is -0.000000183. The van der Waals surface area contributed by atoms with Crippen LogP contribution in [0.5, 0.6) is 0 Å². The number of hydrogen-bond acceptors (Lipinski definition) is 2. The van der Waals surface area contributed by atoms with Gasteiger partial charge in [0.15, 0.2) is 0 Å². The van der Waals surface area contributed by atoms with Crippen LogP contribution in [0.1, 0.15) is 129 Å². The van der Waals surface area contributed by atoms with Gasteiger partial charge in [0.05, 0.1) is 6.10 Å². The standard InChI is InChI=1S/C12H21NO.C8H18.C7H14.C2H6/c1-8(2)14-12(6)10(4)9(3)11(5)13-7;1-5-8(4,6-2)7-3;1-4-5-6-7(2)3;1-2/h8H,6H2,1-5,7H3;5-7H2,1-4H3;2,4-6H2,1,3H3;1-2H3/b10-9-,13-11?;;;. The van der Waals surface area contributed by atoms with Gasteiger partial charge in [-0.15, -0.1) is 6.58 Å². The second-order valence-electron chi connectivity index (χ2n) is 8.58. The highest BCUT2D eigenvalue weighted by atomic mass is 16.5. The fourth-order valence-corrected chi connectivity index (χ4v) is 2.25. The van der Waals surface area contributed by atoms with Crippen molar-refractivity contribution in [3.05, 3.63) is 35.6 Å². The Hall–Kier alpha value is -1.31. The van der Waals surface area contributed by atoms with E-state index in [0.717, 1.165) is 22.6 Å². The van der Waals surface area contributed by atoms with E-state index < -0.39 is 0 Å². The van der Waals surface area contributed by atoms with Crippen LogP contribution in [0.15, 0.2) is 40.6 Å². The van der Waals surface area contributed by atoms with E-state index in [1.165, 1.54) is 44.1 Å². The van der Waals surface area contributed by atoms with Gasteiger partial charge in [0.1, 0.15) is 5.76 Å².